The van der Waals surface area contributed by atoms with Gasteiger partial charge in [0.1, 0.15) is 5.69 Å². The van der Waals surface area contributed by atoms with Crippen molar-refractivity contribution < 1.29 is 27.4 Å². The summed E-state index contributed by atoms with van der Waals surface area (Å²) in [6, 6.07) is 13.0. The van der Waals surface area contributed by atoms with Crippen LogP contribution in [0, 0.1) is 0 Å². The molecule has 1 aromatic heterocycles. The summed E-state index contributed by atoms with van der Waals surface area (Å²) in [6.45, 7) is 0.147. The van der Waals surface area contributed by atoms with E-state index in [4.69, 9.17) is 9.47 Å². The van der Waals surface area contributed by atoms with Gasteiger partial charge in [-0.05, 0) is 56.0 Å². The van der Waals surface area contributed by atoms with Crippen LogP contribution in [0.4, 0.5) is 18.9 Å². The maximum atomic E-state index is 13.3. The molecule has 0 bridgehead atoms. The Morgan fingerprint density at radius 2 is 1.67 bits per heavy atom. The number of carbonyl (C=O) groups is 1. The molecule has 1 fully saturated rings. The van der Waals surface area contributed by atoms with Gasteiger partial charge < -0.3 is 20.1 Å². The smallest absolute Gasteiger partial charge is 0.433 e. The molecule has 6 nitrogen and oxygen atoms in total. The number of ether oxygens (including phenoxy) is 2. The van der Waals surface area contributed by atoms with Crippen molar-refractivity contribution in [3.63, 3.8) is 0 Å². The van der Waals surface area contributed by atoms with Crippen LogP contribution in [-0.2, 0) is 6.18 Å². The lowest BCUT2D eigenvalue weighted by atomic mass is 9.90. The Kier molecular flexibility index (Phi) is 5.47. The predicted octanol–water partition coefficient (Wildman–Crippen LogP) is 5.14. The first-order valence-electron chi connectivity index (χ1n) is 10.8. The van der Waals surface area contributed by atoms with Crippen LogP contribution in [0.1, 0.15) is 41.7 Å². The standard InChI is InChI=1S/C24H22F3N3O3/c25-24(26,27)22-12-19(17-3-1-2-4-18(17)30-22)28-15-6-8-16(9-7-15)29-23(31)14-5-10-20-21(11-14)33-13-32-20/h1-5,10-12,15-16H,6-9,13H2,(H,28,30)(H,29,31). The summed E-state index contributed by atoms with van der Waals surface area (Å²) in [6.07, 6.45) is -1.61. The molecule has 5 rings (SSSR count). The van der Waals surface area contributed by atoms with Crippen LogP contribution in [0.25, 0.3) is 10.9 Å². The van der Waals surface area contributed by atoms with E-state index in [1.807, 2.05) is 0 Å². The maximum absolute atomic E-state index is 13.3. The monoisotopic (exact) mass is 457 g/mol. The summed E-state index contributed by atoms with van der Waals surface area (Å²) in [5.74, 6) is 0.994. The molecule has 172 valence electrons. The van der Waals surface area contributed by atoms with Crippen LogP contribution >= 0.6 is 0 Å². The fourth-order valence-electron chi connectivity index (χ4n) is 4.35. The number of pyridine rings is 1. The zero-order valence-electron chi connectivity index (χ0n) is 17.6. The van der Waals surface area contributed by atoms with Crippen LogP contribution in [0.5, 0.6) is 11.5 Å². The van der Waals surface area contributed by atoms with Gasteiger partial charge in [-0.25, -0.2) is 4.98 Å². The molecule has 2 heterocycles. The number of fused-ring (bicyclic) bond motifs is 2. The minimum atomic E-state index is -4.52. The molecule has 1 saturated carbocycles. The van der Waals surface area contributed by atoms with E-state index in [1.54, 1.807) is 42.5 Å². The Bertz CT molecular complexity index is 1190. The fourth-order valence-corrected chi connectivity index (χ4v) is 4.35. The summed E-state index contributed by atoms with van der Waals surface area (Å²) in [7, 11) is 0. The molecule has 2 aliphatic rings. The lowest BCUT2D eigenvalue weighted by molar-refractivity contribution is -0.140. The van der Waals surface area contributed by atoms with Crippen molar-refractivity contribution in [2.45, 2.75) is 43.9 Å². The van der Waals surface area contributed by atoms with Gasteiger partial charge in [-0.2, -0.15) is 13.2 Å². The molecule has 0 atom stereocenters. The van der Waals surface area contributed by atoms with Crippen molar-refractivity contribution in [2.75, 3.05) is 12.1 Å². The van der Waals surface area contributed by atoms with Crippen LogP contribution in [0.15, 0.2) is 48.5 Å². The number of hydrogen-bond acceptors (Lipinski definition) is 5. The number of benzene rings is 2. The van der Waals surface area contributed by atoms with E-state index in [2.05, 4.69) is 15.6 Å². The number of halogens is 3. The maximum Gasteiger partial charge on any atom is 0.433 e. The van der Waals surface area contributed by atoms with Crippen molar-refractivity contribution in [1.29, 1.82) is 0 Å². The Morgan fingerprint density at radius 3 is 2.45 bits per heavy atom. The second-order valence-electron chi connectivity index (χ2n) is 8.30. The molecule has 1 aliphatic heterocycles. The summed E-state index contributed by atoms with van der Waals surface area (Å²) in [5.41, 5.74) is 0.330. The predicted molar refractivity (Wildman–Crippen MR) is 116 cm³/mol. The van der Waals surface area contributed by atoms with Crippen LogP contribution in [-0.4, -0.2) is 29.8 Å². The van der Waals surface area contributed by atoms with Gasteiger partial charge in [-0.1, -0.05) is 18.2 Å². The minimum Gasteiger partial charge on any atom is -0.454 e. The molecule has 33 heavy (non-hydrogen) atoms. The molecular weight excluding hydrogens is 435 g/mol. The van der Waals surface area contributed by atoms with Crippen molar-refractivity contribution in [2.24, 2.45) is 0 Å². The van der Waals surface area contributed by atoms with Crippen molar-refractivity contribution in [3.8, 4) is 11.5 Å². The quantitative estimate of drug-likeness (QED) is 0.568. The second-order valence-corrected chi connectivity index (χ2v) is 8.30. The highest BCUT2D eigenvalue weighted by Crippen LogP contribution is 2.35. The van der Waals surface area contributed by atoms with Crippen molar-refractivity contribution in [3.05, 3.63) is 59.8 Å². The first kappa shape index (κ1) is 21.4. The van der Waals surface area contributed by atoms with Gasteiger partial charge in [0, 0.05) is 28.7 Å². The van der Waals surface area contributed by atoms with E-state index < -0.39 is 11.9 Å². The summed E-state index contributed by atoms with van der Waals surface area (Å²) < 4.78 is 50.5. The van der Waals surface area contributed by atoms with Crippen LogP contribution in [0.2, 0.25) is 0 Å². The minimum absolute atomic E-state index is 0.000827. The largest absolute Gasteiger partial charge is 0.454 e. The molecule has 2 aromatic carbocycles. The number of alkyl halides is 3. The number of amides is 1. The Balaban J connectivity index is 1.23. The van der Waals surface area contributed by atoms with Gasteiger partial charge in [0.25, 0.3) is 5.91 Å². The van der Waals surface area contributed by atoms with Gasteiger partial charge in [0.05, 0.1) is 5.52 Å². The van der Waals surface area contributed by atoms with Gasteiger partial charge in [-0.15, -0.1) is 0 Å². The normalized spacial score (nSPS) is 20.0. The summed E-state index contributed by atoms with van der Waals surface area (Å²) >= 11 is 0. The topological polar surface area (TPSA) is 72.5 Å². The highest BCUT2D eigenvalue weighted by molar-refractivity contribution is 5.95. The van der Waals surface area contributed by atoms with Crippen molar-refractivity contribution in [1.82, 2.24) is 10.3 Å². The number of para-hydroxylation sites is 1. The van der Waals surface area contributed by atoms with E-state index in [-0.39, 0.29) is 24.8 Å². The molecule has 9 heteroatoms. The molecule has 0 saturated heterocycles. The molecule has 1 aliphatic carbocycles. The third-order valence-corrected chi connectivity index (χ3v) is 6.06. The molecule has 2 N–H and O–H groups in total. The van der Waals surface area contributed by atoms with Gasteiger partial charge in [-0.3, -0.25) is 4.79 Å². The van der Waals surface area contributed by atoms with Crippen LogP contribution in [0.3, 0.4) is 0 Å². The fraction of sp³-hybridized carbons (Fsp3) is 0.333. The first-order chi connectivity index (χ1) is 15.9. The third-order valence-electron chi connectivity index (χ3n) is 6.06. The molecule has 0 spiro atoms. The number of nitrogens with zero attached hydrogens (tertiary/aromatic N) is 1. The molecule has 0 unspecified atom stereocenters. The van der Waals surface area contributed by atoms with E-state index in [1.165, 1.54) is 0 Å². The zero-order chi connectivity index (χ0) is 23.0. The number of carbonyl (C=O) groups excluding carboxylic acids is 1. The number of aromatic nitrogens is 1. The van der Waals surface area contributed by atoms with E-state index >= 15 is 0 Å². The van der Waals surface area contributed by atoms with E-state index in [0.29, 0.717) is 33.7 Å². The highest BCUT2D eigenvalue weighted by atomic mass is 19.4. The average Bonchev–Trinajstić information content (AvgIpc) is 3.27. The Morgan fingerprint density at radius 1 is 0.939 bits per heavy atom. The van der Waals surface area contributed by atoms with Gasteiger partial charge >= 0.3 is 6.18 Å². The lowest BCUT2D eigenvalue weighted by Crippen LogP contribution is -2.40. The Hall–Kier alpha value is -3.49. The third kappa shape index (κ3) is 4.53. The summed E-state index contributed by atoms with van der Waals surface area (Å²) in [5, 5.41) is 6.99. The number of rotatable bonds is 4. The number of anilines is 1. The second kappa shape index (κ2) is 8.46. The van der Waals surface area contributed by atoms with Gasteiger partial charge in [0.2, 0.25) is 6.79 Å². The molecular formula is C24H22F3N3O3. The first-order valence-corrected chi connectivity index (χ1v) is 10.8. The SMILES string of the molecule is O=C(NC1CCC(Nc2cc(C(F)(F)F)nc3ccccc23)CC1)c1ccc2c(c1)OCO2. The lowest BCUT2D eigenvalue weighted by Gasteiger charge is -2.30. The average molecular weight is 457 g/mol. The Labute approximate surface area is 188 Å². The number of nitrogens with one attached hydrogen (secondary N) is 2. The van der Waals surface area contributed by atoms with E-state index in [9.17, 15) is 18.0 Å². The number of hydrogen-bond donors (Lipinski definition) is 2. The van der Waals surface area contributed by atoms with Gasteiger partial charge in [0.15, 0.2) is 11.5 Å². The molecule has 0 radical (unpaired) electrons. The van der Waals surface area contributed by atoms with Crippen LogP contribution < -0.4 is 20.1 Å². The highest BCUT2D eigenvalue weighted by Gasteiger charge is 2.34. The van der Waals surface area contributed by atoms with E-state index in [0.717, 1.165) is 31.7 Å². The molecule has 1 amide bonds. The molecule has 3 aromatic rings. The van der Waals surface area contributed by atoms with Crippen molar-refractivity contribution >= 4 is 22.5 Å². The summed E-state index contributed by atoms with van der Waals surface area (Å²) in [4.78, 5) is 16.4. The zero-order valence-corrected chi connectivity index (χ0v) is 17.6.